The van der Waals surface area contributed by atoms with Crippen LogP contribution in [0.4, 0.5) is 11.4 Å². The van der Waals surface area contributed by atoms with E-state index in [2.05, 4.69) is 27.2 Å². The third-order valence-electron chi connectivity index (χ3n) is 4.73. The summed E-state index contributed by atoms with van der Waals surface area (Å²) in [7, 11) is 1.85. The van der Waals surface area contributed by atoms with E-state index in [4.69, 9.17) is 0 Å². The van der Waals surface area contributed by atoms with Gasteiger partial charge in [-0.2, -0.15) is 0 Å². The number of aromatic nitrogens is 2. The Morgan fingerprint density at radius 2 is 2.23 bits per heavy atom. The molecular formula is C19H23N5O2. The van der Waals surface area contributed by atoms with Crippen molar-refractivity contribution in [2.24, 2.45) is 5.92 Å². The number of aromatic amines is 1. The highest BCUT2D eigenvalue weighted by Crippen LogP contribution is 2.24. The van der Waals surface area contributed by atoms with Crippen molar-refractivity contribution in [1.82, 2.24) is 14.9 Å². The number of likely N-dealkylation sites (tertiary alicyclic amines) is 1. The molecule has 1 aliphatic heterocycles. The van der Waals surface area contributed by atoms with Gasteiger partial charge < -0.3 is 20.5 Å². The highest BCUT2D eigenvalue weighted by Gasteiger charge is 2.33. The maximum absolute atomic E-state index is 12.2. The summed E-state index contributed by atoms with van der Waals surface area (Å²) in [6.07, 6.45) is 4.71. The molecule has 1 saturated heterocycles. The number of amides is 1. The number of carbonyl (C=O) groups is 1. The van der Waals surface area contributed by atoms with E-state index in [1.54, 1.807) is 17.3 Å². The van der Waals surface area contributed by atoms with Gasteiger partial charge in [0.2, 0.25) is 5.91 Å². The van der Waals surface area contributed by atoms with Crippen LogP contribution in [0.15, 0.2) is 48.0 Å². The Hall–Kier alpha value is -3.09. The fourth-order valence-corrected chi connectivity index (χ4v) is 2.98. The molecule has 26 heavy (non-hydrogen) atoms. The van der Waals surface area contributed by atoms with Gasteiger partial charge in [-0.25, -0.2) is 0 Å². The number of nitrogens with one attached hydrogen (secondary N) is 3. The maximum atomic E-state index is 12.2. The lowest BCUT2D eigenvalue weighted by atomic mass is 9.92. The number of H-pyrrole nitrogens is 1. The van der Waals surface area contributed by atoms with Gasteiger partial charge in [0.05, 0.1) is 5.69 Å². The predicted molar refractivity (Wildman–Crippen MR) is 103 cm³/mol. The monoisotopic (exact) mass is 353 g/mol. The average Bonchev–Trinajstić information content (AvgIpc) is 2.62. The molecule has 7 heteroatoms. The lowest BCUT2D eigenvalue weighted by Gasteiger charge is -2.42. The Balaban J connectivity index is 1.73. The van der Waals surface area contributed by atoms with Crippen LogP contribution in [0.5, 0.6) is 0 Å². The molecule has 2 aromatic heterocycles. The second-order valence-electron chi connectivity index (χ2n) is 6.45. The van der Waals surface area contributed by atoms with E-state index in [1.807, 2.05) is 32.2 Å². The van der Waals surface area contributed by atoms with Gasteiger partial charge in [-0.1, -0.05) is 6.58 Å². The first kappa shape index (κ1) is 17.7. The van der Waals surface area contributed by atoms with Crippen LogP contribution in [0, 0.1) is 5.92 Å². The highest BCUT2D eigenvalue weighted by atomic mass is 16.2. The molecule has 2 aromatic rings. The van der Waals surface area contributed by atoms with Gasteiger partial charge >= 0.3 is 0 Å². The van der Waals surface area contributed by atoms with Crippen molar-refractivity contribution in [2.75, 3.05) is 30.8 Å². The standard InChI is InChI=1S/C19H23N5O2/c1-4-18(25)24-10-14(11-24)12(2)23-17-7-13(9-22-19(17)26)16-8-15(20-3)5-6-21-16/h4-9,12,14,23H,1,10-11H2,2-3H3,(H,20,21)(H,22,26). The molecule has 1 amide bonds. The van der Waals surface area contributed by atoms with Gasteiger partial charge in [-0.05, 0) is 31.2 Å². The van der Waals surface area contributed by atoms with Crippen LogP contribution < -0.4 is 16.2 Å². The number of hydrogen-bond acceptors (Lipinski definition) is 5. The van der Waals surface area contributed by atoms with Crippen molar-refractivity contribution in [3.8, 4) is 11.3 Å². The van der Waals surface area contributed by atoms with Gasteiger partial charge in [0, 0.05) is 55.7 Å². The van der Waals surface area contributed by atoms with Crippen molar-refractivity contribution >= 4 is 17.3 Å². The summed E-state index contributed by atoms with van der Waals surface area (Å²) in [5.41, 5.74) is 2.87. The SMILES string of the molecule is C=CC(=O)N1CC(C(C)Nc2cc(-c3cc(NC)ccn3)c[nH]c2=O)C1. The van der Waals surface area contributed by atoms with Crippen LogP contribution in [0.3, 0.4) is 0 Å². The molecular weight excluding hydrogens is 330 g/mol. The lowest BCUT2D eigenvalue weighted by Crippen LogP contribution is -2.55. The third kappa shape index (κ3) is 3.61. The zero-order chi connectivity index (χ0) is 18.7. The first-order valence-corrected chi connectivity index (χ1v) is 8.56. The van der Waals surface area contributed by atoms with Crippen molar-refractivity contribution in [3.05, 3.63) is 53.6 Å². The maximum Gasteiger partial charge on any atom is 0.271 e. The third-order valence-corrected chi connectivity index (χ3v) is 4.73. The molecule has 1 unspecified atom stereocenters. The minimum absolute atomic E-state index is 0.0521. The summed E-state index contributed by atoms with van der Waals surface area (Å²) in [5.74, 6) is 0.247. The summed E-state index contributed by atoms with van der Waals surface area (Å²) in [6.45, 7) is 6.86. The van der Waals surface area contributed by atoms with Gasteiger partial charge in [-0.3, -0.25) is 14.6 Å². The summed E-state index contributed by atoms with van der Waals surface area (Å²) in [4.78, 5) is 32.6. The minimum Gasteiger partial charge on any atom is -0.388 e. The Kier molecular flexibility index (Phi) is 5.06. The molecule has 7 nitrogen and oxygen atoms in total. The number of hydrogen-bond donors (Lipinski definition) is 3. The number of rotatable bonds is 6. The molecule has 136 valence electrons. The molecule has 1 aliphatic rings. The van der Waals surface area contributed by atoms with Crippen molar-refractivity contribution < 1.29 is 4.79 Å². The molecule has 0 spiro atoms. The highest BCUT2D eigenvalue weighted by molar-refractivity contribution is 5.87. The predicted octanol–water partition coefficient (Wildman–Crippen LogP) is 1.92. The van der Waals surface area contributed by atoms with E-state index in [9.17, 15) is 9.59 Å². The second-order valence-corrected chi connectivity index (χ2v) is 6.45. The lowest BCUT2D eigenvalue weighted by molar-refractivity contribution is -0.132. The van der Waals surface area contributed by atoms with E-state index in [0.29, 0.717) is 24.7 Å². The van der Waals surface area contributed by atoms with E-state index in [-0.39, 0.29) is 17.5 Å². The summed E-state index contributed by atoms with van der Waals surface area (Å²) in [5, 5.41) is 6.35. The number of anilines is 2. The van der Waals surface area contributed by atoms with Crippen LogP contribution >= 0.6 is 0 Å². The minimum atomic E-state index is -0.177. The molecule has 3 N–H and O–H groups in total. The van der Waals surface area contributed by atoms with Crippen LogP contribution in [-0.2, 0) is 4.79 Å². The molecule has 3 rings (SSSR count). The normalized spacial score (nSPS) is 15.1. The zero-order valence-corrected chi connectivity index (χ0v) is 15.0. The Morgan fingerprint density at radius 3 is 2.92 bits per heavy atom. The van der Waals surface area contributed by atoms with Crippen molar-refractivity contribution in [2.45, 2.75) is 13.0 Å². The Morgan fingerprint density at radius 1 is 1.46 bits per heavy atom. The van der Waals surface area contributed by atoms with Crippen molar-refractivity contribution in [1.29, 1.82) is 0 Å². The summed E-state index contributed by atoms with van der Waals surface area (Å²) in [6, 6.07) is 5.67. The molecule has 0 aromatic carbocycles. The molecule has 1 atom stereocenters. The number of carbonyl (C=O) groups excluding carboxylic acids is 1. The molecule has 0 saturated carbocycles. The van der Waals surface area contributed by atoms with Crippen LogP contribution in [0.2, 0.25) is 0 Å². The smallest absolute Gasteiger partial charge is 0.271 e. The molecule has 3 heterocycles. The fraction of sp³-hybridized carbons (Fsp3) is 0.316. The zero-order valence-electron chi connectivity index (χ0n) is 15.0. The Bertz CT molecular complexity index is 870. The van der Waals surface area contributed by atoms with Crippen LogP contribution in [-0.4, -0.2) is 47.0 Å². The quantitative estimate of drug-likeness (QED) is 0.691. The van der Waals surface area contributed by atoms with E-state index in [0.717, 1.165) is 16.9 Å². The van der Waals surface area contributed by atoms with Gasteiger partial charge in [0.15, 0.2) is 0 Å². The molecule has 0 radical (unpaired) electrons. The fourth-order valence-electron chi connectivity index (χ4n) is 2.98. The van der Waals surface area contributed by atoms with Gasteiger partial charge in [0.1, 0.15) is 5.69 Å². The van der Waals surface area contributed by atoms with Crippen molar-refractivity contribution in [3.63, 3.8) is 0 Å². The first-order chi connectivity index (χ1) is 12.5. The second kappa shape index (κ2) is 7.43. The largest absolute Gasteiger partial charge is 0.388 e. The first-order valence-electron chi connectivity index (χ1n) is 8.56. The van der Waals surface area contributed by atoms with Crippen LogP contribution in [0.1, 0.15) is 6.92 Å². The van der Waals surface area contributed by atoms with E-state index >= 15 is 0 Å². The molecule has 1 fully saturated rings. The van der Waals surface area contributed by atoms with Gasteiger partial charge in [0.25, 0.3) is 5.56 Å². The topological polar surface area (TPSA) is 90.1 Å². The van der Waals surface area contributed by atoms with Gasteiger partial charge in [-0.15, -0.1) is 0 Å². The average molecular weight is 353 g/mol. The number of pyridine rings is 2. The summed E-state index contributed by atoms with van der Waals surface area (Å²) < 4.78 is 0. The molecule has 0 aliphatic carbocycles. The Labute approximate surface area is 152 Å². The summed E-state index contributed by atoms with van der Waals surface area (Å²) >= 11 is 0. The number of nitrogens with zero attached hydrogens (tertiary/aromatic N) is 2. The molecule has 0 bridgehead atoms. The van der Waals surface area contributed by atoms with Crippen LogP contribution in [0.25, 0.3) is 11.3 Å². The van der Waals surface area contributed by atoms with E-state index in [1.165, 1.54) is 6.08 Å². The van der Waals surface area contributed by atoms with E-state index < -0.39 is 0 Å².